The van der Waals surface area contributed by atoms with Gasteiger partial charge in [0.25, 0.3) is 0 Å². The van der Waals surface area contributed by atoms with E-state index >= 15 is 0 Å². The fraction of sp³-hybridized carbons (Fsp3) is 0.809. The SMILES string of the molecule is CC/C=C\C/C=C\C/C=C\C/C=C\C/C=C\CCCCCCCC(=O)OCC(COC(=O)CCCCCCCCCCCCCCCCCCC)OC(=O)CCCCCCCCCCCCCCCCCCCC. The Morgan fingerprint density at radius 2 is 0.527 bits per heavy atom. The number of unbranched alkanes of at least 4 members (excludes halogenated alkanes) is 38. The summed E-state index contributed by atoms with van der Waals surface area (Å²) in [5.41, 5.74) is 0. The second-order valence-corrected chi connectivity index (χ2v) is 21.7. The molecule has 0 amide bonds. The van der Waals surface area contributed by atoms with Gasteiger partial charge >= 0.3 is 17.9 Å². The Labute approximate surface area is 460 Å². The van der Waals surface area contributed by atoms with Crippen molar-refractivity contribution in [2.24, 2.45) is 0 Å². The molecule has 1 atom stereocenters. The minimum absolute atomic E-state index is 0.0756. The molecule has 0 N–H and O–H groups in total. The van der Waals surface area contributed by atoms with Gasteiger partial charge in [-0.25, -0.2) is 0 Å². The molecule has 0 bridgehead atoms. The van der Waals surface area contributed by atoms with Gasteiger partial charge in [0.15, 0.2) is 6.10 Å². The second-order valence-electron chi connectivity index (χ2n) is 21.7. The van der Waals surface area contributed by atoms with Crippen LogP contribution in [0.2, 0.25) is 0 Å². The van der Waals surface area contributed by atoms with Gasteiger partial charge in [0, 0.05) is 19.3 Å². The van der Waals surface area contributed by atoms with Gasteiger partial charge in [-0.05, 0) is 64.2 Å². The topological polar surface area (TPSA) is 78.9 Å². The minimum Gasteiger partial charge on any atom is -0.462 e. The van der Waals surface area contributed by atoms with Gasteiger partial charge < -0.3 is 14.2 Å². The van der Waals surface area contributed by atoms with E-state index in [9.17, 15) is 14.4 Å². The smallest absolute Gasteiger partial charge is 0.306 e. The predicted octanol–water partition coefficient (Wildman–Crippen LogP) is 21.9. The molecule has 6 heteroatoms. The summed E-state index contributed by atoms with van der Waals surface area (Å²) in [6, 6.07) is 0. The van der Waals surface area contributed by atoms with Crippen LogP contribution < -0.4 is 0 Å². The molecule has 1 unspecified atom stereocenters. The van der Waals surface area contributed by atoms with Crippen LogP contribution in [0.4, 0.5) is 0 Å². The fourth-order valence-corrected chi connectivity index (χ4v) is 9.47. The van der Waals surface area contributed by atoms with E-state index in [1.165, 1.54) is 186 Å². The predicted molar refractivity (Wildman–Crippen MR) is 321 cm³/mol. The van der Waals surface area contributed by atoms with E-state index in [2.05, 4.69) is 81.5 Å². The number of allylic oxidation sites excluding steroid dienone is 10. The third kappa shape index (κ3) is 60.0. The number of ether oxygens (including phenoxy) is 3. The average Bonchev–Trinajstić information content (AvgIpc) is 3.40. The van der Waals surface area contributed by atoms with Crippen molar-refractivity contribution in [1.29, 1.82) is 0 Å². The summed E-state index contributed by atoms with van der Waals surface area (Å²) in [4.78, 5) is 38.3. The zero-order valence-electron chi connectivity index (χ0n) is 49.4. The van der Waals surface area contributed by atoms with Crippen molar-refractivity contribution < 1.29 is 28.6 Å². The molecule has 0 saturated heterocycles. The Bertz CT molecular complexity index is 1330. The Morgan fingerprint density at radius 3 is 0.824 bits per heavy atom. The monoisotopic (exact) mass is 1030 g/mol. The number of esters is 3. The van der Waals surface area contributed by atoms with Crippen LogP contribution in [0.3, 0.4) is 0 Å². The second kappa shape index (κ2) is 62.6. The van der Waals surface area contributed by atoms with Crippen molar-refractivity contribution >= 4 is 17.9 Å². The Morgan fingerprint density at radius 1 is 0.284 bits per heavy atom. The molecule has 0 aliphatic rings. The summed E-state index contributed by atoms with van der Waals surface area (Å²) in [7, 11) is 0. The van der Waals surface area contributed by atoms with Gasteiger partial charge in [0.2, 0.25) is 0 Å². The lowest BCUT2D eigenvalue weighted by atomic mass is 10.0. The molecular formula is C68H122O6. The standard InChI is InChI=1S/C68H122O6/c1-4-7-10-13-16-19-22-25-28-31-33-34-35-38-40-43-46-49-52-55-58-61-67(70)73-64-65(63-72-66(69)60-57-54-51-48-45-42-39-36-30-27-24-21-18-15-12-9-6-3)74-68(71)62-59-56-53-50-47-44-41-37-32-29-26-23-20-17-14-11-8-5-2/h7,10,16,19,25,28,33-34,38,40,65H,4-6,8-9,11-15,17-18,20-24,26-27,29-32,35-37,39,41-64H2,1-3H3/b10-7-,19-16-,28-25-,34-33-,40-38-. The number of hydrogen-bond donors (Lipinski definition) is 0. The summed E-state index contributed by atoms with van der Waals surface area (Å²) in [6.45, 7) is 6.57. The lowest BCUT2D eigenvalue weighted by Crippen LogP contribution is -2.30. The summed E-state index contributed by atoms with van der Waals surface area (Å²) >= 11 is 0. The van der Waals surface area contributed by atoms with Gasteiger partial charge in [0.1, 0.15) is 13.2 Å². The quantitative estimate of drug-likeness (QED) is 0.0261. The molecule has 0 aromatic carbocycles. The lowest BCUT2D eigenvalue weighted by Gasteiger charge is -2.18. The molecule has 0 rings (SSSR count). The Kier molecular flexibility index (Phi) is 60.2. The number of carbonyl (C=O) groups excluding carboxylic acids is 3. The van der Waals surface area contributed by atoms with Crippen LogP contribution in [0.1, 0.15) is 335 Å². The van der Waals surface area contributed by atoms with E-state index in [1.807, 2.05) is 0 Å². The highest BCUT2D eigenvalue weighted by Gasteiger charge is 2.19. The number of carbonyl (C=O) groups is 3. The van der Waals surface area contributed by atoms with E-state index in [0.717, 1.165) is 109 Å². The highest BCUT2D eigenvalue weighted by Crippen LogP contribution is 2.18. The van der Waals surface area contributed by atoms with E-state index in [0.29, 0.717) is 19.3 Å². The summed E-state index contributed by atoms with van der Waals surface area (Å²) in [6.07, 6.45) is 79.3. The van der Waals surface area contributed by atoms with Crippen LogP contribution in [0.15, 0.2) is 60.8 Å². The first kappa shape index (κ1) is 71.1. The molecule has 0 aliphatic heterocycles. The van der Waals surface area contributed by atoms with Crippen molar-refractivity contribution in [1.82, 2.24) is 0 Å². The van der Waals surface area contributed by atoms with Crippen molar-refractivity contribution in [3.05, 3.63) is 60.8 Å². The van der Waals surface area contributed by atoms with E-state index in [-0.39, 0.29) is 31.1 Å². The van der Waals surface area contributed by atoms with Gasteiger partial charge in [0.05, 0.1) is 0 Å². The molecule has 0 saturated carbocycles. The van der Waals surface area contributed by atoms with E-state index in [1.54, 1.807) is 0 Å². The Hall–Kier alpha value is -2.89. The Balaban J connectivity index is 4.37. The molecule has 0 aliphatic carbocycles. The third-order valence-electron chi connectivity index (χ3n) is 14.3. The molecule has 0 heterocycles. The first-order chi connectivity index (χ1) is 36.5. The van der Waals surface area contributed by atoms with Crippen LogP contribution in [-0.4, -0.2) is 37.2 Å². The average molecular weight is 1040 g/mol. The normalized spacial score (nSPS) is 12.4. The number of rotatable bonds is 59. The first-order valence-electron chi connectivity index (χ1n) is 32.3. The molecule has 430 valence electrons. The van der Waals surface area contributed by atoms with Crippen molar-refractivity contribution in [2.75, 3.05) is 13.2 Å². The zero-order valence-corrected chi connectivity index (χ0v) is 49.4. The van der Waals surface area contributed by atoms with Gasteiger partial charge in [-0.2, -0.15) is 0 Å². The van der Waals surface area contributed by atoms with Crippen LogP contribution in [0, 0.1) is 0 Å². The maximum Gasteiger partial charge on any atom is 0.306 e. The summed E-state index contributed by atoms with van der Waals surface area (Å²) in [5, 5.41) is 0. The zero-order chi connectivity index (χ0) is 53.6. The van der Waals surface area contributed by atoms with Gasteiger partial charge in [-0.1, -0.05) is 313 Å². The van der Waals surface area contributed by atoms with Crippen molar-refractivity contribution in [2.45, 2.75) is 341 Å². The summed E-state index contributed by atoms with van der Waals surface area (Å²) < 4.78 is 16.9. The van der Waals surface area contributed by atoms with E-state index in [4.69, 9.17) is 14.2 Å². The first-order valence-corrected chi connectivity index (χ1v) is 32.3. The van der Waals surface area contributed by atoms with Crippen LogP contribution in [0.25, 0.3) is 0 Å². The van der Waals surface area contributed by atoms with Crippen LogP contribution >= 0.6 is 0 Å². The maximum atomic E-state index is 12.9. The fourth-order valence-electron chi connectivity index (χ4n) is 9.47. The van der Waals surface area contributed by atoms with Gasteiger partial charge in [-0.3, -0.25) is 14.4 Å². The molecule has 0 aromatic heterocycles. The van der Waals surface area contributed by atoms with Crippen LogP contribution in [0.5, 0.6) is 0 Å². The number of hydrogen-bond acceptors (Lipinski definition) is 6. The van der Waals surface area contributed by atoms with Crippen molar-refractivity contribution in [3.63, 3.8) is 0 Å². The summed E-state index contributed by atoms with van der Waals surface area (Å²) in [5.74, 6) is -0.873. The highest BCUT2D eigenvalue weighted by atomic mass is 16.6. The lowest BCUT2D eigenvalue weighted by molar-refractivity contribution is -0.167. The maximum absolute atomic E-state index is 12.9. The van der Waals surface area contributed by atoms with Crippen molar-refractivity contribution in [3.8, 4) is 0 Å². The molecule has 0 radical (unpaired) electrons. The van der Waals surface area contributed by atoms with E-state index < -0.39 is 6.10 Å². The highest BCUT2D eigenvalue weighted by molar-refractivity contribution is 5.71. The van der Waals surface area contributed by atoms with Gasteiger partial charge in [-0.15, -0.1) is 0 Å². The van der Waals surface area contributed by atoms with Crippen LogP contribution in [-0.2, 0) is 28.6 Å². The molecule has 0 fully saturated rings. The molecule has 0 aromatic rings. The largest absolute Gasteiger partial charge is 0.462 e. The molecule has 6 nitrogen and oxygen atoms in total. The molecular weight excluding hydrogens is 913 g/mol. The minimum atomic E-state index is -0.780. The molecule has 0 spiro atoms. The third-order valence-corrected chi connectivity index (χ3v) is 14.3. The molecule has 74 heavy (non-hydrogen) atoms.